The van der Waals surface area contributed by atoms with E-state index in [1.165, 1.54) is 17.5 Å². The molecular formula is C14H19N3. The lowest BCUT2D eigenvalue weighted by Crippen LogP contribution is -2.08. The van der Waals surface area contributed by atoms with E-state index in [9.17, 15) is 0 Å². The Labute approximate surface area is 102 Å². The van der Waals surface area contributed by atoms with Crippen molar-refractivity contribution in [1.29, 1.82) is 0 Å². The summed E-state index contributed by atoms with van der Waals surface area (Å²) in [6.45, 7) is 6.63. The van der Waals surface area contributed by atoms with E-state index < -0.39 is 0 Å². The normalized spacial score (nSPS) is 20.5. The lowest BCUT2D eigenvalue weighted by atomic mass is 9.99. The van der Waals surface area contributed by atoms with Crippen LogP contribution in [0, 0.1) is 0 Å². The average Bonchev–Trinajstić information content (AvgIpc) is 2.97. The lowest BCUT2D eigenvalue weighted by molar-refractivity contribution is 0.752. The first kappa shape index (κ1) is 10.8. The summed E-state index contributed by atoms with van der Waals surface area (Å²) in [5.41, 5.74) is 2.66. The largest absolute Gasteiger partial charge is 0.316 e. The molecule has 1 saturated heterocycles. The quantitative estimate of drug-likeness (QED) is 0.857. The number of hydrogen-bond donors (Lipinski definition) is 1. The Kier molecular flexibility index (Phi) is 2.63. The number of rotatable bonds is 2. The number of nitrogens with one attached hydrogen (secondary N) is 1. The molecule has 0 spiro atoms. The van der Waals surface area contributed by atoms with Gasteiger partial charge in [0.25, 0.3) is 0 Å². The van der Waals surface area contributed by atoms with Crippen LogP contribution in [0.2, 0.25) is 0 Å². The van der Waals surface area contributed by atoms with Crippen LogP contribution < -0.4 is 5.32 Å². The summed E-state index contributed by atoms with van der Waals surface area (Å²) >= 11 is 0. The average molecular weight is 229 g/mol. The van der Waals surface area contributed by atoms with Gasteiger partial charge >= 0.3 is 0 Å². The second kappa shape index (κ2) is 4.15. The van der Waals surface area contributed by atoms with Crippen molar-refractivity contribution in [3.63, 3.8) is 0 Å². The van der Waals surface area contributed by atoms with E-state index in [1.807, 2.05) is 6.20 Å². The van der Waals surface area contributed by atoms with Gasteiger partial charge < -0.3 is 9.72 Å². The topological polar surface area (TPSA) is 29.3 Å². The molecule has 1 N–H and O–H groups in total. The number of imidazole rings is 1. The Hall–Kier alpha value is -1.35. The molecule has 0 amide bonds. The fraction of sp³-hybridized carbons (Fsp3) is 0.500. The van der Waals surface area contributed by atoms with Gasteiger partial charge in [-0.05, 0) is 36.6 Å². The second-order valence-corrected chi connectivity index (χ2v) is 5.22. The van der Waals surface area contributed by atoms with Crippen molar-refractivity contribution in [3.8, 4) is 0 Å². The number of aromatic nitrogens is 2. The molecule has 1 aliphatic rings. The van der Waals surface area contributed by atoms with E-state index in [2.05, 4.69) is 46.9 Å². The maximum absolute atomic E-state index is 4.51. The second-order valence-electron chi connectivity index (χ2n) is 5.22. The Bertz CT molecular complexity index is 521. The van der Waals surface area contributed by atoms with Gasteiger partial charge in [0.2, 0.25) is 0 Å². The molecule has 2 aromatic rings. The van der Waals surface area contributed by atoms with Crippen LogP contribution in [0.25, 0.3) is 5.52 Å². The molecule has 3 nitrogen and oxygen atoms in total. The first-order valence-corrected chi connectivity index (χ1v) is 6.43. The zero-order valence-electron chi connectivity index (χ0n) is 10.5. The summed E-state index contributed by atoms with van der Waals surface area (Å²) in [5.74, 6) is 2.30. The standard InChI is InChI=1S/C14H19N3/c1-10(2)14-16-9-13-7-11(4-6-17(13)14)12-3-5-15-8-12/h4,6-7,9-10,12,15H,3,5,8H2,1-2H3. The van der Waals surface area contributed by atoms with Gasteiger partial charge in [-0.2, -0.15) is 0 Å². The van der Waals surface area contributed by atoms with Crippen molar-refractivity contribution in [2.24, 2.45) is 0 Å². The third kappa shape index (κ3) is 1.84. The third-order valence-electron chi connectivity index (χ3n) is 3.63. The highest BCUT2D eigenvalue weighted by Crippen LogP contribution is 2.24. The fourth-order valence-electron chi connectivity index (χ4n) is 2.66. The molecule has 1 aliphatic heterocycles. The Morgan fingerprint density at radius 1 is 1.47 bits per heavy atom. The minimum absolute atomic E-state index is 0.469. The maximum Gasteiger partial charge on any atom is 0.115 e. The lowest BCUT2D eigenvalue weighted by Gasteiger charge is -2.10. The maximum atomic E-state index is 4.51. The Morgan fingerprint density at radius 3 is 3.06 bits per heavy atom. The van der Waals surface area contributed by atoms with Gasteiger partial charge in [-0.3, -0.25) is 0 Å². The van der Waals surface area contributed by atoms with Crippen molar-refractivity contribution in [2.75, 3.05) is 13.1 Å². The fourth-order valence-corrected chi connectivity index (χ4v) is 2.66. The smallest absolute Gasteiger partial charge is 0.115 e. The monoisotopic (exact) mass is 229 g/mol. The molecule has 0 bridgehead atoms. The highest BCUT2D eigenvalue weighted by Gasteiger charge is 2.17. The van der Waals surface area contributed by atoms with E-state index in [1.54, 1.807) is 0 Å². The van der Waals surface area contributed by atoms with E-state index >= 15 is 0 Å². The minimum Gasteiger partial charge on any atom is -0.316 e. The van der Waals surface area contributed by atoms with Crippen LogP contribution in [0.4, 0.5) is 0 Å². The number of fused-ring (bicyclic) bond motifs is 1. The molecule has 0 aromatic carbocycles. The Morgan fingerprint density at radius 2 is 2.35 bits per heavy atom. The van der Waals surface area contributed by atoms with Gasteiger partial charge in [0.15, 0.2) is 0 Å². The minimum atomic E-state index is 0.469. The predicted octanol–water partition coefficient (Wildman–Crippen LogP) is 2.53. The van der Waals surface area contributed by atoms with Crippen LogP contribution in [-0.2, 0) is 0 Å². The molecule has 2 aromatic heterocycles. The summed E-state index contributed by atoms with van der Waals surface area (Å²) in [4.78, 5) is 4.51. The van der Waals surface area contributed by atoms with Crippen molar-refractivity contribution >= 4 is 5.52 Å². The van der Waals surface area contributed by atoms with Gasteiger partial charge in [0.1, 0.15) is 5.82 Å². The SMILES string of the molecule is CC(C)c1ncc2cc(C3CCNC3)ccn12. The van der Waals surface area contributed by atoms with Gasteiger partial charge in [-0.25, -0.2) is 4.98 Å². The third-order valence-corrected chi connectivity index (χ3v) is 3.63. The number of hydrogen-bond acceptors (Lipinski definition) is 2. The number of nitrogens with zero attached hydrogens (tertiary/aromatic N) is 2. The van der Waals surface area contributed by atoms with Crippen molar-refractivity contribution in [3.05, 3.63) is 35.9 Å². The van der Waals surface area contributed by atoms with Crippen molar-refractivity contribution < 1.29 is 0 Å². The number of pyridine rings is 1. The molecule has 3 rings (SSSR count). The molecule has 1 atom stereocenters. The highest BCUT2D eigenvalue weighted by molar-refractivity contribution is 5.49. The van der Waals surface area contributed by atoms with Gasteiger partial charge in [0, 0.05) is 18.7 Å². The molecule has 0 radical (unpaired) electrons. The van der Waals surface area contributed by atoms with Crippen molar-refractivity contribution in [1.82, 2.24) is 14.7 Å². The van der Waals surface area contributed by atoms with E-state index in [0.717, 1.165) is 18.9 Å². The molecular weight excluding hydrogens is 210 g/mol. The van der Waals surface area contributed by atoms with E-state index in [0.29, 0.717) is 11.8 Å². The predicted molar refractivity (Wildman–Crippen MR) is 69.5 cm³/mol. The summed E-state index contributed by atoms with van der Waals surface area (Å²) in [6.07, 6.45) is 5.41. The first-order chi connectivity index (χ1) is 8.25. The van der Waals surface area contributed by atoms with Gasteiger partial charge in [0.05, 0.1) is 11.7 Å². The molecule has 17 heavy (non-hydrogen) atoms. The zero-order chi connectivity index (χ0) is 11.8. The first-order valence-electron chi connectivity index (χ1n) is 6.43. The molecule has 1 unspecified atom stereocenters. The van der Waals surface area contributed by atoms with Crippen LogP contribution in [0.15, 0.2) is 24.5 Å². The molecule has 0 aliphatic carbocycles. The zero-order valence-corrected chi connectivity index (χ0v) is 10.5. The van der Waals surface area contributed by atoms with Crippen LogP contribution in [-0.4, -0.2) is 22.5 Å². The molecule has 3 heterocycles. The summed E-state index contributed by atoms with van der Waals surface area (Å²) < 4.78 is 2.20. The molecule has 3 heteroatoms. The summed E-state index contributed by atoms with van der Waals surface area (Å²) in [6, 6.07) is 4.54. The Balaban J connectivity index is 2.02. The van der Waals surface area contributed by atoms with Crippen LogP contribution in [0.3, 0.4) is 0 Å². The van der Waals surface area contributed by atoms with E-state index in [4.69, 9.17) is 0 Å². The highest BCUT2D eigenvalue weighted by atomic mass is 15.0. The molecule has 1 fully saturated rings. The summed E-state index contributed by atoms with van der Waals surface area (Å²) in [7, 11) is 0. The molecule has 0 saturated carbocycles. The van der Waals surface area contributed by atoms with E-state index in [-0.39, 0.29) is 0 Å². The van der Waals surface area contributed by atoms with Crippen LogP contribution >= 0.6 is 0 Å². The summed E-state index contributed by atoms with van der Waals surface area (Å²) in [5, 5.41) is 3.42. The van der Waals surface area contributed by atoms with Gasteiger partial charge in [-0.1, -0.05) is 13.8 Å². The van der Waals surface area contributed by atoms with Gasteiger partial charge in [-0.15, -0.1) is 0 Å². The van der Waals surface area contributed by atoms with Crippen molar-refractivity contribution in [2.45, 2.75) is 32.1 Å². The van der Waals surface area contributed by atoms with Crippen LogP contribution in [0.1, 0.15) is 43.5 Å². The van der Waals surface area contributed by atoms with Crippen LogP contribution in [0.5, 0.6) is 0 Å². The molecule has 90 valence electrons.